The average molecular weight is 496 g/mol. The van der Waals surface area contributed by atoms with Crippen molar-refractivity contribution in [3.63, 3.8) is 0 Å². The minimum absolute atomic E-state index is 0.0139. The lowest BCUT2D eigenvalue weighted by molar-refractivity contribution is -0.144. The number of nitrogens with one attached hydrogen (secondary N) is 2. The van der Waals surface area contributed by atoms with Crippen LogP contribution in [0, 0.1) is 5.92 Å². The van der Waals surface area contributed by atoms with Gasteiger partial charge in [0.1, 0.15) is 0 Å². The average Bonchev–Trinajstić information content (AvgIpc) is 2.89. The molecule has 1 aliphatic heterocycles. The molecule has 0 atom stereocenters. The van der Waals surface area contributed by atoms with E-state index in [2.05, 4.69) is 39.8 Å². The SMILES string of the molecule is CCOC(=O)CCC(=O)Nc1ccc(N2CCC(Cc3ccccc3)CC2)c(C(=O)NCCOC)c1. The lowest BCUT2D eigenvalue weighted by atomic mass is 9.89. The van der Waals surface area contributed by atoms with Gasteiger partial charge in [-0.1, -0.05) is 30.3 Å². The molecular weight excluding hydrogens is 458 g/mol. The molecule has 2 aromatic carbocycles. The molecule has 8 nitrogen and oxygen atoms in total. The Bertz CT molecular complexity index is 1000. The summed E-state index contributed by atoms with van der Waals surface area (Å²) in [5.74, 6) is -0.309. The molecule has 0 saturated carbocycles. The van der Waals surface area contributed by atoms with Crippen LogP contribution in [-0.2, 0) is 25.5 Å². The van der Waals surface area contributed by atoms with E-state index >= 15 is 0 Å². The summed E-state index contributed by atoms with van der Waals surface area (Å²) in [5, 5.41) is 5.69. The number of nitrogens with zero attached hydrogens (tertiary/aromatic N) is 1. The van der Waals surface area contributed by atoms with Gasteiger partial charge in [-0.05, 0) is 55.9 Å². The third-order valence-corrected chi connectivity index (χ3v) is 6.30. The monoisotopic (exact) mass is 495 g/mol. The number of esters is 1. The van der Waals surface area contributed by atoms with Crippen LogP contribution in [0.2, 0.25) is 0 Å². The number of benzene rings is 2. The van der Waals surface area contributed by atoms with E-state index in [4.69, 9.17) is 9.47 Å². The highest BCUT2D eigenvalue weighted by Crippen LogP contribution is 2.30. The van der Waals surface area contributed by atoms with Gasteiger partial charge in [0.15, 0.2) is 0 Å². The molecule has 194 valence electrons. The number of carbonyl (C=O) groups excluding carboxylic acids is 3. The lowest BCUT2D eigenvalue weighted by Crippen LogP contribution is -2.36. The molecule has 1 aliphatic rings. The normalized spacial score (nSPS) is 13.8. The molecule has 0 spiro atoms. The van der Waals surface area contributed by atoms with Crippen LogP contribution in [0.5, 0.6) is 0 Å². The van der Waals surface area contributed by atoms with Gasteiger partial charge in [0.2, 0.25) is 5.91 Å². The van der Waals surface area contributed by atoms with E-state index in [1.54, 1.807) is 26.2 Å². The van der Waals surface area contributed by atoms with Crippen LogP contribution in [0.15, 0.2) is 48.5 Å². The lowest BCUT2D eigenvalue weighted by Gasteiger charge is -2.35. The van der Waals surface area contributed by atoms with Gasteiger partial charge in [-0.2, -0.15) is 0 Å². The predicted octanol–water partition coefficient (Wildman–Crippen LogP) is 3.80. The number of carbonyl (C=O) groups is 3. The van der Waals surface area contributed by atoms with Gasteiger partial charge in [-0.3, -0.25) is 14.4 Å². The standard InChI is InChI=1S/C28H37N3O5/c1-3-36-27(33)12-11-26(32)30-23-9-10-25(24(20-23)28(34)29-15-18-35-2)31-16-13-22(14-17-31)19-21-7-5-4-6-8-21/h4-10,20,22H,3,11-19H2,1-2H3,(H,29,34)(H,30,32). The second-order valence-corrected chi connectivity index (χ2v) is 8.95. The summed E-state index contributed by atoms with van der Waals surface area (Å²) in [7, 11) is 1.59. The molecule has 2 N–H and O–H groups in total. The van der Waals surface area contributed by atoms with Crippen LogP contribution in [-0.4, -0.2) is 57.7 Å². The number of piperidine rings is 1. The maximum atomic E-state index is 13.0. The van der Waals surface area contributed by atoms with Crippen LogP contribution < -0.4 is 15.5 Å². The van der Waals surface area contributed by atoms with Gasteiger partial charge >= 0.3 is 5.97 Å². The predicted molar refractivity (Wildman–Crippen MR) is 140 cm³/mol. The molecule has 36 heavy (non-hydrogen) atoms. The molecule has 0 radical (unpaired) electrons. The zero-order chi connectivity index (χ0) is 25.8. The molecule has 2 aromatic rings. The van der Waals surface area contributed by atoms with E-state index in [1.807, 2.05) is 12.1 Å². The first-order valence-electron chi connectivity index (χ1n) is 12.7. The summed E-state index contributed by atoms with van der Waals surface area (Å²) < 4.78 is 9.93. The van der Waals surface area contributed by atoms with Crippen molar-refractivity contribution < 1.29 is 23.9 Å². The van der Waals surface area contributed by atoms with Crippen LogP contribution in [0.1, 0.15) is 48.5 Å². The highest BCUT2D eigenvalue weighted by Gasteiger charge is 2.24. The van der Waals surface area contributed by atoms with Gasteiger partial charge < -0.3 is 25.0 Å². The molecule has 1 fully saturated rings. The number of hydrogen-bond donors (Lipinski definition) is 2. The summed E-state index contributed by atoms with van der Waals surface area (Å²) in [5.41, 5.74) is 3.24. The molecule has 3 rings (SSSR count). The fourth-order valence-corrected chi connectivity index (χ4v) is 4.43. The Balaban J connectivity index is 1.67. The third-order valence-electron chi connectivity index (χ3n) is 6.30. The Hall–Kier alpha value is -3.39. The second-order valence-electron chi connectivity index (χ2n) is 8.95. The van der Waals surface area contributed by atoms with Crippen molar-refractivity contribution in [3.8, 4) is 0 Å². The molecule has 1 heterocycles. The third kappa shape index (κ3) is 8.37. The zero-order valence-corrected chi connectivity index (χ0v) is 21.3. The van der Waals surface area contributed by atoms with E-state index in [0.29, 0.717) is 30.3 Å². The van der Waals surface area contributed by atoms with Crippen molar-refractivity contribution in [3.05, 3.63) is 59.7 Å². The minimum atomic E-state index is -0.406. The Morgan fingerprint density at radius 2 is 1.78 bits per heavy atom. The Kier molecular flexibility index (Phi) is 10.8. The van der Waals surface area contributed by atoms with E-state index in [9.17, 15) is 14.4 Å². The van der Waals surface area contributed by atoms with Crippen molar-refractivity contribution in [1.82, 2.24) is 5.32 Å². The highest BCUT2D eigenvalue weighted by atomic mass is 16.5. The quantitative estimate of drug-likeness (QED) is 0.343. The van der Waals surface area contributed by atoms with Crippen molar-refractivity contribution in [1.29, 1.82) is 0 Å². The number of ether oxygens (including phenoxy) is 2. The number of rotatable bonds is 12. The number of hydrogen-bond acceptors (Lipinski definition) is 6. The molecule has 0 aromatic heterocycles. The van der Waals surface area contributed by atoms with E-state index in [-0.39, 0.29) is 31.3 Å². The first-order valence-corrected chi connectivity index (χ1v) is 12.7. The summed E-state index contributed by atoms with van der Waals surface area (Å²) in [6.07, 6.45) is 3.19. The summed E-state index contributed by atoms with van der Waals surface area (Å²) >= 11 is 0. The van der Waals surface area contributed by atoms with Gasteiger partial charge in [0, 0.05) is 44.5 Å². The number of methoxy groups -OCH3 is 1. The van der Waals surface area contributed by atoms with Crippen molar-refractivity contribution in [2.45, 2.75) is 39.0 Å². The maximum absolute atomic E-state index is 13.0. The highest BCUT2D eigenvalue weighted by molar-refractivity contribution is 6.02. The van der Waals surface area contributed by atoms with Crippen LogP contribution >= 0.6 is 0 Å². The molecule has 0 unspecified atom stereocenters. The molecule has 0 bridgehead atoms. The fraction of sp³-hybridized carbons (Fsp3) is 0.464. The first-order chi connectivity index (χ1) is 17.5. The van der Waals surface area contributed by atoms with E-state index in [1.165, 1.54) is 5.56 Å². The van der Waals surface area contributed by atoms with Gasteiger partial charge in [-0.25, -0.2) is 0 Å². The molecule has 8 heteroatoms. The Labute approximate surface area is 213 Å². The summed E-state index contributed by atoms with van der Waals surface area (Å²) in [6, 6.07) is 16.0. The number of amides is 2. The van der Waals surface area contributed by atoms with Crippen molar-refractivity contribution in [2.24, 2.45) is 5.92 Å². The van der Waals surface area contributed by atoms with Crippen LogP contribution in [0.25, 0.3) is 0 Å². The Morgan fingerprint density at radius 3 is 2.47 bits per heavy atom. The van der Waals surface area contributed by atoms with E-state index in [0.717, 1.165) is 38.0 Å². The zero-order valence-electron chi connectivity index (χ0n) is 21.3. The maximum Gasteiger partial charge on any atom is 0.306 e. The van der Waals surface area contributed by atoms with Gasteiger partial charge in [-0.15, -0.1) is 0 Å². The first kappa shape index (κ1) is 27.2. The molecule has 0 aliphatic carbocycles. The van der Waals surface area contributed by atoms with Crippen LogP contribution in [0.3, 0.4) is 0 Å². The topological polar surface area (TPSA) is 97.0 Å². The van der Waals surface area contributed by atoms with Gasteiger partial charge in [0.05, 0.1) is 25.2 Å². The van der Waals surface area contributed by atoms with Crippen LogP contribution in [0.4, 0.5) is 11.4 Å². The summed E-state index contributed by atoms with van der Waals surface area (Å²) in [4.78, 5) is 39.2. The fourth-order valence-electron chi connectivity index (χ4n) is 4.43. The summed E-state index contributed by atoms with van der Waals surface area (Å²) in [6.45, 7) is 4.54. The molecule has 2 amide bonds. The minimum Gasteiger partial charge on any atom is -0.466 e. The van der Waals surface area contributed by atoms with Crippen molar-refractivity contribution >= 4 is 29.2 Å². The Morgan fingerprint density at radius 1 is 1.03 bits per heavy atom. The smallest absolute Gasteiger partial charge is 0.306 e. The second kappa shape index (κ2) is 14.2. The number of anilines is 2. The molecular formula is C28H37N3O5. The van der Waals surface area contributed by atoms with E-state index < -0.39 is 5.97 Å². The van der Waals surface area contributed by atoms with Crippen molar-refractivity contribution in [2.75, 3.05) is 50.2 Å². The van der Waals surface area contributed by atoms with Gasteiger partial charge in [0.25, 0.3) is 5.91 Å². The molecule has 1 saturated heterocycles. The largest absolute Gasteiger partial charge is 0.466 e.